The smallest absolute Gasteiger partial charge is 0.295 e. The number of Topliss-reactive ketones (excluding diaryl/α,β-unsaturated/α-hetero) is 1. The number of halogens is 1. The van der Waals surface area contributed by atoms with E-state index < -0.39 is 23.5 Å². The maximum Gasteiger partial charge on any atom is 0.295 e. The number of ether oxygens (including phenoxy) is 1. The van der Waals surface area contributed by atoms with Gasteiger partial charge in [0.2, 0.25) is 0 Å². The Morgan fingerprint density at radius 1 is 1.17 bits per heavy atom. The summed E-state index contributed by atoms with van der Waals surface area (Å²) in [6.45, 7) is 1.02. The number of hydrogen-bond donors (Lipinski definition) is 1. The zero-order valence-corrected chi connectivity index (χ0v) is 17.3. The van der Waals surface area contributed by atoms with Crippen LogP contribution in [0.1, 0.15) is 23.6 Å². The van der Waals surface area contributed by atoms with Gasteiger partial charge in [0, 0.05) is 12.1 Å². The second-order valence-corrected chi connectivity index (χ2v) is 7.44. The fourth-order valence-corrected chi connectivity index (χ4v) is 3.62. The number of carbonyl (C=O) groups excluding carboxylic acids is 2. The quantitative estimate of drug-likeness (QED) is 0.430. The van der Waals surface area contributed by atoms with Crippen LogP contribution in [0, 0.1) is 5.82 Å². The Kier molecular flexibility index (Phi) is 6.52. The molecule has 1 aliphatic rings. The number of methoxy groups -OCH3 is 1. The molecule has 1 saturated heterocycles. The number of amides is 1. The average Bonchev–Trinajstić information content (AvgIpc) is 2.98. The van der Waals surface area contributed by atoms with Crippen molar-refractivity contribution >= 4 is 17.4 Å². The van der Waals surface area contributed by atoms with Gasteiger partial charge in [-0.2, -0.15) is 0 Å². The van der Waals surface area contributed by atoms with Crippen molar-refractivity contribution in [3.63, 3.8) is 0 Å². The Bertz CT molecular complexity index is 987. The maximum atomic E-state index is 14.0. The maximum absolute atomic E-state index is 14.0. The van der Waals surface area contributed by atoms with Gasteiger partial charge >= 0.3 is 0 Å². The van der Waals surface area contributed by atoms with E-state index in [1.54, 1.807) is 30.3 Å². The van der Waals surface area contributed by atoms with Gasteiger partial charge in [-0.05, 0) is 56.9 Å². The first-order valence-corrected chi connectivity index (χ1v) is 9.66. The highest BCUT2D eigenvalue weighted by Crippen LogP contribution is 2.39. The van der Waals surface area contributed by atoms with E-state index in [2.05, 4.69) is 0 Å². The first kappa shape index (κ1) is 21.5. The molecule has 6 nitrogen and oxygen atoms in total. The molecule has 0 radical (unpaired) electrons. The molecule has 7 heteroatoms. The van der Waals surface area contributed by atoms with Crippen molar-refractivity contribution in [2.24, 2.45) is 0 Å². The minimum absolute atomic E-state index is 0.0521. The molecular formula is C23H25FN2O4. The van der Waals surface area contributed by atoms with E-state index in [9.17, 15) is 19.1 Å². The first-order valence-electron chi connectivity index (χ1n) is 9.66. The summed E-state index contributed by atoms with van der Waals surface area (Å²) in [5.74, 6) is -1.77. The Balaban J connectivity index is 2.11. The van der Waals surface area contributed by atoms with E-state index in [1.165, 1.54) is 30.2 Å². The van der Waals surface area contributed by atoms with Crippen LogP contribution in [0.5, 0.6) is 5.75 Å². The van der Waals surface area contributed by atoms with Crippen molar-refractivity contribution < 1.29 is 23.8 Å². The molecule has 2 aromatic rings. The minimum atomic E-state index is -0.867. The molecule has 1 atom stereocenters. The van der Waals surface area contributed by atoms with Crippen LogP contribution < -0.4 is 4.74 Å². The van der Waals surface area contributed by atoms with E-state index >= 15 is 0 Å². The van der Waals surface area contributed by atoms with Crippen LogP contribution in [0.15, 0.2) is 54.1 Å². The summed E-state index contributed by atoms with van der Waals surface area (Å²) < 4.78 is 19.1. The molecule has 0 unspecified atom stereocenters. The van der Waals surface area contributed by atoms with Crippen molar-refractivity contribution in [1.29, 1.82) is 0 Å². The number of ketones is 1. The molecule has 1 amide bonds. The summed E-state index contributed by atoms with van der Waals surface area (Å²) >= 11 is 0. The highest BCUT2D eigenvalue weighted by Gasteiger charge is 2.45. The average molecular weight is 412 g/mol. The van der Waals surface area contributed by atoms with Crippen LogP contribution in [0.25, 0.3) is 5.76 Å². The first-order chi connectivity index (χ1) is 14.3. The standard InChI is InChI=1S/C23H25FN2O4/c1-25(2)11-6-12-26-20(15-7-4-9-17(24)13-15)19(22(28)23(26)29)21(27)16-8-5-10-18(14-16)30-3/h4-5,7-10,13-14,20,27H,6,11-12H2,1-3H3/b21-19+/t20-/m1/s1. The van der Waals surface area contributed by atoms with Gasteiger partial charge in [-0.15, -0.1) is 0 Å². The fourth-order valence-electron chi connectivity index (χ4n) is 3.62. The van der Waals surface area contributed by atoms with Gasteiger partial charge in [-0.1, -0.05) is 24.3 Å². The van der Waals surface area contributed by atoms with Crippen molar-refractivity contribution in [3.05, 3.63) is 71.0 Å². The number of carbonyl (C=O) groups is 2. The predicted octanol–water partition coefficient (Wildman–Crippen LogP) is 3.21. The highest BCUT2D eigenvalue weighted by molar-refractivity contribution is 6.46. The molecule has 0 spiro atoms. The van der Waals surface area contributed by atoms with E-state index in [1.807, 2.05) is 19.0 Å². The third kappa shape index (κ3) is 4.36. The summed E-state index contributed by atoms with van der Waals surface area (Å²) in [5, 5.41) is 11.0. The SMILES string of the molecule is COc1cccc(/C(O)=C2\C(=O)C(=O)N(CCCN(C)C)[C@@H]2c2cccc(F)c2)c1. The molecule has 3 rings (SSSR count). The second kappa shape index (κ2) is 9.09. The molecule has 0 aromatic heterocycles. The number of hydrogen-bond acceptors (Lipinski definition) is 5. The topological polar surface area (TPSA) is 70.1 Å². The van der Waals surface area contributed by atoms with Crippen molar-refractivity contribution in [3.8, 4) is 5.75 Å². The lowest BCUT2D eigenvalue weighted by molar-refractivity contribution is -0.139. The van der Waals surface area contributed by atoms with Crippen molar-refractivity contribution in [1.82, 2.24) is 9.80 Å². The fraction of sp³-hybridized carbons (Fsp3) is 0.304. The lowest BCUT2D eigenvalue weighted by Crippen LogP contribution is -2.32. The van der Waals surface area contributed by atoms with Crippen LogP contribution in [0.3, 0.4) is 0 Å². The number of aliphatic hydroxyl groups is 1. The molecule has 1 aliphatic heterocycles. The Morgan fingerprint density at radius 2 is 1.90 bits per heavy atom. The molecule has 30 heavy (non-hydrogen) atoms. The zero-order chi connectivity index (χ0) is 21.8. The second-order valence-electron chi connectivity index (χ2n) is 7.44. The molecule has 0 saturated carbocycles. The molecule has 1 fully saturated rings. The van der Waals surface area contributed by atoms with Crippen LogP contribution in [-0.2, 0) is 9.59 Å². The Morgan fingerprint density at radius 3 is 2.57 bits per heavy atom. The van der Waals surface area contributed by atoms with Crippen molar-refractivity contribution in [2.45, 2.75) is 12.5 Å². The van der Waals surface area contributed by atoms with Gasteiger partial charge in [0.15, 0.2) is 0 Å². The Labute approximate surface area is 175 Å². The van der Waals surface area contributed by atoms with E-state index in [-0.39, 0.29) is 11.3 Å². The van der Waals surface area contributed by atoms with Gasteiger partial charge < -0.3 is 19.6 Å². The molecular weight excluding hydrogens is 387 g/mol. The summed E-state index contributed by atoms with van der Waals surface area (Å²) in [4.78, 5) is 29.1. The Hall–Kier alpha value is -3.19. The molecule has 1 N–H and O–H groups in total. The number of aliphatic hydroxyl groups excluding tert-OH is 1. The van der Waals surface area contributed by atoms with Gasteiger partial charge in [0.1, 0.15) is 17.3 Å². The van der Waals surface area contributed by atoms with Gasteiger partial charge in [0.05, 0.1) is 18.7 Å². The van der Waals surface area contributed by atoms with Gasteiger partial charge in [0.25, 0.3) is 11.7 Å². The molecule has 0 aliphatic carbocycles. The lowest BCUT2D eigenvalue weighted by Gasteiger charge is -2.26. The van der Waals surface area contributed by atoms with Crippen LogP contribution in [-0.4, -0.2) is 60.9 Å². The highest BCUT2D eigenvalue weighted by atomic mass is 19.1. The van der Waals surface area contributed by atoms with Crippen LogP contribution in [0.4, 0.5) is 4.39 Å². The molecule has 2 aromatic carbocycles. The minimum Gasteiger partial charge on any atom is -0.507 e. The third-order valence-corrected chi connectivity index (χ3v) is 5.05. The predicted molar refractivity (Wildman–Crippen MR) is 112 cm³/mol. The van der Waals surface area contributed by atoms with Crippen LogP contribution in [0.2, 0.25) is 0 Å². The summed E-state index contributed by atoms with van der Waals surface area (Å²) in [6.07, 6.45) is 0.630. The number of rotatable bonds is 7. The number of likely N-dealkylation sites (tertiary alicyclic amines) is 1. The molecule has 158 valence electrons. The number of benzene rings is 2. The van der Waals surface area contributed by atoms with Crippen molar-refractivity contribution in [2.75, 3.05) is 34.3 Å². The number of nitrogens with zero attached hydrogens (tertiary/aromatic N) is 2. The third-order valence-electron chi connectivity index (χ3n) is 5.05. The zero-order valence-electron chi connectivity index (χ0n) is 17.3. The largest absolute Gasteiger partial charge is 0.507 e. The summed E-state index contributed by atoms with van der Waals surface area (Å²) in [6, 6.07) is 11.5. The summed E-state index contributed by atoms with van der Waals surface area (Å²) in [7, 11) is 5.33. The lowest BCUT2D eigenvalue weighted by atomic mass is 9.95. The molecule has 0 bridgehead atoms. The van der Waals surface area contributed by atoms with E-state index in [0.29, 0.717) is 29.8 Å². The molecule has 1 heterocycles. The van der Waals surface area contributed by atoms with Crippen LogP contribution >= 0.6 is 0 Å². The van der Waals surface area contributed by atoms with Gasteiger partial charge in [-0.3, -0.25) is 9.59 Å². The monoisotopic (exact) mass is 412 g/mol. The summed E-state index contributed by atoms with van der Waals surface area (Å²) in [5.41, 5.74) is 0.731. The van der Waals surface area contributed by atoms with E-state index in [0.717, 1.165) is 6.54 Å². The normalized spacial score (nSPS) is 18.3. The van der Waals surface area contributed by atoms with Gasteiger partial charge in [-0.25, -0.2) is 4.39 Å². The van der Waals surface area contributed by atoms with E-state index in [4.69, 9.17) is 4.74 Å².